The van der Waals surface area contributed by atoms with E-state index in [1.165, 1.54) is 31.3 Å². The van der Waals surface area contributed by atoms with Crippen LogP contribution in [-0.2, 0) is 10.0 Å². The number of aromatic nitrogens is 1. The van der Waals surface area contributed by atoms with Gasteiger partial charge < -0.3 is 10.3 Å². The Hall–Kier alpha value is -2.45. The van der Waals surface area contributed by atoms with Crippen LogP contribution in [0.2, 0.25) is 0 Å². The van der Waals surface area contributed by atoms with Crippen LogP contribution in [0.15, 0.2) is 41.4 Å². The van der Waals surface area contributed by atoms with Crippen LogP contribution >= 0.6 is 0 Å². The van der Waals surface area contributed by atoms with Crippen molar-refractivity contribution in [1.82, 2.24) is 15.0 Å². The van der Waals surface area contributed by atoms with Crippen LogP contribution in [-0.4, -0.2) is 38.2 Å². The molecule has 7 nitrogen and oxygen atoms in total. The smallest absolute Gasteiger partial charge is 0.267 e. The second-order valence-electron chi connectivity index (χ2n) is 5.32. The summed E-state index contributed by atoms with van der Waals surface area (Å²) in [6, 6.07) is 7.94. The number of sulfonamides is 1. The molecule has 0 saturated heterocycles. The summed E-state index contributed by atoms with van der Waals surface area (Å²) in [5.41, 5.74) is 1.64. The van der Waals surface area contributed by atoms with Gasteiger partial charge >= 0.3 is 0 Å². The van der Waals surface area contributed by atoms with Gasteiger partial charge in [0.25, 0.3) is 5.91 Å². The molecule has 0 atom stereocenters. The third-order valence-corrected chi connectivity index (χ3v) is 4.85. The van der Waals surface area contributed by atoms with E-state index in [0.29, 0.717) is 5.56 Å². The largest absolute Gasteiger partial charge is 0.356 e. The van der Waals surface area contributed by atoms with Crippen molar-refractivity contribution in [3.63, 3.8) is 0 Å². The van der Waals surface area contributed by atoms with Crippen LogP contribution < -0.4 is 10.0 Å². The molecule has 1 aromatic carbocycles. The van der Waals surface area contributed by atoms with Crippen molar-refractivity contribution in [2.24, 2.45) is 0 Å². The second kappa shape index (κ2) is 7.41. The number of hydrogen-bond acceptors (Lipinski definition) is 4. The highest BCUT2D eigenvalue weighted by atomic mass is 32.2. The molecule has 8 heteroatoms. The second-order valence-corrected chi connectivity index (χ2v) is 7.09. The van der Waals surface area contributed by atoms with E-state index in [2.05, 4.69) is 15.0 Å². The Balaban J connectivity index is 1.84. The molecule has 1 aromatic heterocycles. The van der Waals surface area contributed by atoms with Crippen molar-refractivity contribution in [3.05, 3.63) is 53.3 Å². The van der Waals surface area contributed by atoms with Crippen LogP contribution in [0, 0.1) is 6.92 Å². The fourth-order valence-electron chi connectivity index (χ4n) is 1.99. The number of hydrogen-bond donors (Lipinski definition) is 3. The summed E-state index contributed by atoms with van der Waals surface area (Å²) in [5, 5.41) is 2.58. The first-order chi connectivity index (χ1) is 11.3. The van der Waals surface area contributed by atoms with Crippen molar-refractivity contribution < 1.29 is 18.0 Å². The predicted molar refractivity (Wildman–Crippen MR) is 89.5 cm³/mol. The minimum absolute atomic E-state index is 0.0578. The summed E-state index contributed by atoms with van der Waals surface area (Å²) in [7, 11) is -3.60. The number of Topliss-reactive ketones (excluding diaryl/α,β-unsaturated/α-hetero) is 1. The third-order valence-electron chi connectivity index (χ3n) is 3.37. The molecule has 0 fully saturated rings. The molecule has 2 aromatic rings. The van der Waals surface area contributed by atoms with E-state index in [4.69, 9.17) is 0 Å². The SMILES string of the molecule is CC(=O)c1c[nH]c(C(=O)NCCNS(=O)(=O)c2ccc(C)cc2)c1. The molecule has 0 aliphatic heterocycles. The zero-order valence-electron chi connectivity index (χ0n) is 13.4. The maximum atomic E-state index is 12.1. The van der Waals surface area contributed by atoms with Crippen molar-refractivity contribution in [2.75, 3.05) is 13.1 Å². The minimum Gasteiger partial charge on any atom is -0.356 e. The van der Waals surface area contributed by atoms with E-state index in [0.717, 1.165) is 5.56 Å². The maximum Gasteiger partial charge on any atom is 0.267 e. The minimum atomic E-state index is -3.60. The lowest BCUT2D eigenvalue weighted by atomic mass is 10.2. The number of aromatic amines is 1. The molecule has 0 spiro atoms. The van der Waals surface area contributed by atoms with Crippen LogP contribution in [0.3, 0.4) is 0 Å². The summed E-state index contributed by atoms with van der Waals surface area (Å²) in [4.78, 5) is 25.9. The highest BCUT2D eigenvalue weighted by molar-refractivity contribution is 7.89. The molecular formula is C16H19N3O4S. The molecule has 24 heavy (non-hydrogen) atoms. The summed E-state index contributed by atoms with van der Waals surface area (Å²) < 4.78 is 26.6. The van der Waals surface area contributed by atoms with Gasteiger partial charge in [-0.3, -0.25) is 9.59 Å². The van der Waals surface area contributed by atoms with Gasteiger partial charge in [0.1, 0.15) is 5.69 Å². The number of carbonyl (C=O) groups is 2. The van der Waals surface area contributed by atoms with E-state index in [1.807, 2.05) is 6.92 Å². The Kier molecular flexibility index (Phi) is 5.53. The first-order valence-corrected chi connectivity index (χ1v) is 8.82. The Morgan fingerprint density at radius 3 is 2.38 bits per heavy atom. The van der Waals surface area contributed by atoms with Gasteiger partial charge in [0.2, 0.25) is 10.0 Å². The number of rotatable bonds is 7. The van der Waals surface area contributed by atoms with E-state index in [9.17, 15) is 18.0 Å². The number of amides is 1. The van der Waals surface area contributed by atoms with Gasteiger partial charge in [-0.15, -0.1) is 0 Å². The first-order valence-electron chi connectivity index (χ1n) is 7.33. The number of aryl methyl sites for hydroxylation is 1. The van der Waals surface area contributed by atoms with Gasteiger partial charge in [0, 0.05) is 24.8 Å². The normalized spacial score (nSPS) is 11.2. The van der Waals surface area contributed by atoms with Gasteiger partial charge in [-0.1, -0.05) is 17.7 Å². The lowest BCUT2D eigenvalue weighted by molar-refractivity contribution is 0.0949. The molecule has 0 bridgehead atoms. The van der Waals surface area contributed by atoms with Crippen LogP contribution in [0.5, 0.6) is 0 Å². The van der Waals surface area contributed by atoms with E-state index in [1.54, 1.807) is 12.1 Å². The van der Waals surface area contributed by atoms with E-state index in [-0.39, 0.29) is 29.5 Å². The lowest BCUT2D eigenvalue weighted by Crippen LogP contribution is -2.34. The highest BCUT2D eigenvalue weighted by Gasteiger charge is 2.14. The Morgan fingerprint density at radius 2 is 1.79 bits per heavy atom. The Labute approximate surface area is 140 Å². The molecule has 3 N–H and O–H groups in total. The topological polar surface area (TPSA) is 108 Å². The molecule has 0 aliphatic carbocycles. The predicted octanol–water partition coefficient (Wildman–Crippen LogP) is 1.23. The van der Waals surface area contributed by atoms with E-state index < -0.39 is 15.9 Å². The molecule has 1 amide bonds. The van der Waals surface area contributed by atoms with Crippen LogP contribution in [0.25, 0.3) is 0 Å². The summed E-state index contributed by atoms with van der Waals surface area (Å²) in [6.45, 7) is 3.46. The number of nitrogens with one attached hydrogen (secondary N) is 3. The van der Waals surface area contributed by atoms with Gasteiger partial charge in [0.05, 0.1) is 4.90 Å². The van der Waals surface area contributed by atoms with Gasteiger partial charge in [-0.25, -0.2) is 13.1 Å². The lowest BCUT2D eigenvalue weighted by Gasteiger charge is -2.08. The maximum absolute atomic E-state index is 12.1. The molecule has 0 unspecified atom stereocenters. The molecule has 0 radical (unpaired) electrons. The van der Waals surface area contributed by atoms with Crippen molar-refractivity contribution in [2.45, 2.75) is 18.7 Å². The molecule has 2 rings (SSSR count). The Bertz CT molecular complexity index is 838. The molecule has 1 heterocycles. The standard InChI is InChI=1S/C16H19N3O4S/c1-11-3-5-14(6-4-11)24(22,23)19-8-7-17-16(21)15-9-13(10-18-15)12(2)20/h3-6,9-10,18-19H,7-8H2,1-2H3,(H,17,21). The zero-order valence-corrected chi connectivity index (χ0v) is 14.2. The number of H-pyrrole nitrogens is 1. The third kappa shape index (κ3) is 4.53. The van der Waals surface area contributed by atoms with Gasteiger partial charge in [-0.2, -0.15) is 0 Å². The van der Waals surface area contributed by atoms with Gasteiger partial charge in [0.15, 0.2) is 5.78 Å². The summed E-state index contributed by atoms with van der Waals surface area (Å²) in [6.07, 6.45) is 1.46. The van der Waals surface area contributed by atoms with Crippen molar-refractivity contribution >= 4 is 21.7 Å². The first kappa shape index (κ1) is 17.9. The van der Waals surface area contributed by atoms with Gasteiger partial charge in [-0.05, 0) is 32.0 Å². The summed E-state index contributed by atoms with van der Waals surface area (Å²) in [5.74, 6) is -0.548. The number of carbonyl (C=O) groups excluding carboxylic acids is 2. The number of benzene rings is 1. The van der Waals surface area contributed by atoms with Crippen molar-refractivity contribution in [1.29, 1.82) is 0 Å². The van der Waals surface area contributed by atoms with Crippen LogP contribution in [0.4, 0.5) is 0 Å². The molecule has 0 saturated carbocycles. The molecule has 128 valence electrons. The Morgan fingerprint density at radius 1 is 1.12 bits per heavy atom. The summed E-state index contributed by atoms with van der Waals surface area (Å²) >= 11 is 0. The highest BCUT2D eigenvalue weighted by Crippen LogP contribution is 2.09. The molecule has 0 aliphatic rings. The number of ketones is 1. The fourth-order valence-corrected chi connectivity index (χ4v) is 3.02. The fraction of sp³-hybridized carbons (Fsp3) is 0.250. The van der Waals surface area contributed by atoms with Crippen molar-refractivity contribution in [3.8, 4) is 0 Å². The molecular weight excluding hydrogens is 330 g/mol. The zero-order chi connectivity index (χ0) is 17.7. The van der Waals surface area contributed by atoms with Crippen LogP contribution in [0.1, 0.15) is 33.3 Å². The monoisotopic (exact) mass is 349 g/mol. The van der Waals surface area contributed by atoms with E-state index >= 15 is 0 Å². The quantitative estimate of drug-likeness (QED) is 0.516. The average Bonchev–Trinajstić information content (AvgIpc) is 3.02. The average molecular weight is 349 g/mol.